The number of hydrogen-bond donors (Lipinski definition) is 1. The van der Waals surface area contributed by atoms with E-state index in [4.69, 9.17) is 5.73 Å². The Bertz CT molecular complexity index is 568. The number of nitrogens with zero attached hydrogens (tertiary/aromatic N) is 2. The number of anilines is 1. The summed E-state index contributed by atoms with van der Waals surface area (Å²) in [6.07, 6.45) is 2.76. The van der Waals surface area contributed by atoms with Gasteiger partial charge in [-0.2, -0.15) is 0 Å². The summed E-state index contributed by atoms with van der Waals surface area (Å²) in [6, 6.07) is 7.38. The van der Waals surface area contributed by atoms with E-state index in [2.05, 4.69) is 0 Å². The first-order valence-corrected chi connectivity index (χ1v) is 7.49. The lowest BCUT2D eigenvalue weighted by Gasteiger charge is -2.23. The fourth-order valence-electron chi connectivity index (χ4n) is 2.81. The molecule has 1 heterocycles. The monoisotopic (exact) mass is 287 g/mol. The van der Waals surface area contributed by atoms with Gasteiger partial charge >= 0.3 is 0 Å². The summed E-state index contributed by atoms with van der Waals surface area (Å²) in [4.78, 5) is 28.3. The second-order valence-electron chi connectivity index (χ2n) is 5.99. The Morgan fingerprint density at radius 1 is 1.24 bits per heavy atom. The Labute approximate surface area is 124 Å². The third kappa shape index (κ3) is 2.78. The van der Waals surface area contributed by atoms with Gasteiger partial charge in [-0.05, 0) is 31.4 Å². The van der Waals surface area contributed by atoms with Crippen LogP contribution in [0.3, 0.4) is 0 Å². The van der Waals surface area contributed by atoms with Crippen LogP contribution < -0.4 is 10.6 Å². The molecule has 0 radical (unpaired) electrons. The molecule has 3 rings (SSSR count). The second kappa shape index (κ2) is 5.48. The average molecular weight is 287 g/mol. The quantitative estimate of drug-likeness (QED) is 0.909. The number of rotatable bonds is 3. The van der Waals surface area contributed by atoms with Gasteiger partial charge in [0.1, 0.15) is 0 Å². The van der Waals surface area contributed by atoms with E-state index in [0.717, 1.165) is 19.3 Å². The average Bonchev–Trinajstić information content (AvgIpc) is 3.26. The summed E-state index contributed by atoms with van der Waals surface area (Å²) in [5, 5.41) is 0. The Balaban J connectivity index is 1.85. The standard InChI is InChI=1S/C16H21N3O2/c1-18(15(20)11-6-7-11)14-5-3-2-4-13(14)16(21)19-9-8-12(17)10-19/h2-5,11-12H,6-10,17H2,1H3/t12-/m1/s1. The highest BCUT2D eigenvalue weighted by atomic mass is 16.2. The van der Waals surface area contributed by atoms with Crippen molar-refractivity contribution in [2.24, 2.45) is 11.7 Å². The van der Waals surface area contributed by atoms with Crippen LogP contribution in [0.1, 0.15) is 29.6 Å². The summed E-state index contributed by atoms with van der Waals surface area (Å²) < 4.78 is 0. The van der Waals surface area contributed by atoms with Crippen molar-refractivity contribution in [3.8, 4) is 0 Å². The molecule has 2 aliphatic rings. The number of likely N-dealkylation sites (tertiary alicyclic amines) is 1. The summed E-state index contributed by atoms with van der Waals surface area (Å²) in [7, 11) is 1.75. The van der Waals surface area contributed by atoms with Gasteiger partial charge < -0.3 is 15.5 Å². The summed E-state index contributed by atoms with van der Waals surface area (Å²) in [6.45, 7) is 1.28. The molecule has 21 heavy (non-hydrogen) atoms. The highest BCUT2D eigenvalue weighted by Gasteiger charge is 2.34. The molecular weight excluding hydrogens is 266 g/mol. The minimum absolute atomic E-state index is 0.0333. The van der Waals surface area contributed by atoms with Gasteiger partial charge in [0.15, 0.2) is 0 Å². The Kier molecular flexibility index (Phi) is 3.68. The topological polar surface area (TPSA) is 66.6 Å². The minimum atomic E-state index is -0.0333. The maximum atomic E-state index is 12.7. The maximum absolute atomic E-state index is 12.7. The van der Waals surface area contributed by atoms with Crippen LogP contribution in [0.15, 0.2) is 24.3 Å². The zero-order valence-corrected chi connectivity index (χ0v) is 12.3. The number of benzene rings is 1. The predicted molar refractivity (Wildman–Crippen MR) is 81.1 cm³/mol. The molecule has 0 spiro atoms. The molecule has 1 aliphatic carbocycles. The van der Waals surface area contributed by atoms with Crippen LogP contribution in [0.25, 0.3) is 0 Å². The SMILES string of the molecule is CN(C(=O)C1CC1)c1ccccc1C(=O)N1CC[C@@H](N)C1. The van der Waals surface area contributed by atoms with E-state index in [1.54, 1.807) is 22.9 Å². The van der Waals surface area contributed by atoms with Crippen LogP contribution in [-0.4, -0.2) is 42.9 Å². The molecule has 1 saturated heterocycles. The van der Waals surface area contributed by atoms with Crippen molar-refractivity contribution in [2.75, 3.05) is 25.0 Å². The largest absolute Gasteiger partial charge is 0.337 e. The molecule has 1 aliphatic heterocycles. The number of nitrogens with two attached hydrogens (primary N) is 1. The lowest BCUT2D eigenvalue weighted by Crippen LogP contribution is -2.34. The highest BCUT2D eigenvalue weighted by Crippen LogP contribution is 2.33. The Hall–Kier alpha value is -1.88. The minimum Gasteiger partial charge on any atom is -0.337 e. The van der Waals surface area contributed by atoms with Crippen molar-refractivity contribution in [1.82, 2.24) is 4.90 Å². The van der Waals surface area contributed by atoms with Crippen molar-refractivity contribution >= 4 is 17.5 Å². The van der Waals surface area contributed by atoms with Gasteiger partial charge in [-0.15, -0.1) is 0 Å². The van der Waals surface area contributed by atoms with Crippen LogP contribution in [-0.2, 0) is 4.79 Å². The molecule has 2 fully saturated rings. The zero-order valence-electron chi connectivity index (χ0n) is 12.3. The van der Waals surface area contributed by atoms with E-state index in [0.29, 0.717) is 24.3 Å². The third-order valence-electron chi connectivity index (χ3n) is 4.26. The molecular formula is C16H21N3O2. The molecule has 2 amide bonds. The van der Waals surface area contributed by atoms with Crippen molar-refractivity contribution in [1.29, 1.82) is 0 Å². The van der Waals surface area contributed by atoms with Crippen LogP contribution >= 0.6 is 0 Å². The normalized spacial score (nSPS) is 21.4. The summed E-state index contributed by atoms with van der Waals surface area (Å²) in [5.74, 6) is 0.209. The van der Waals surface area contributed by atoms with Crippen molar-refractivity contribution in [3.63, 3.8) is 0 Å². The van der Waals surface area contributed by atoms with E-state index < -0.39 is 0 Å². The highest BCUT2D eigenvalue weighted by molar-refractivity contribution is 6.05. The van der Waals surface area contributed by atoms with Gasteiger partial charge in [-0.1, -0.05) is 12.1 Å². The van der Waals surface area contributed by atoms with Crippen LogP contribution in [0.4, 0.5) is 5.69 Å². The fraction of sp³-hybridized carbons (Fsp3) is 0.500. The lowest BCUT2D eigenvalue weighted by atomic mass is 10.1. The van der Waals surface area contributed by atoms with Crippen LogP contribution in [0.2, 0.25) is 0 Å². The molecule has 0 bridgehead atoms. The molecule has 1 aromatic rings. The first-order chi connectivity index (χ1) is 10.1. The molecule has 0 unspecified atom stereocenters. The fourth-order valence-corrected chi connectivity index (χ4v) is 2.81. The van der Waals surface area contributed by atoms with Gasteiger partial charge in [0, 0.05) is 32.1 Å². The number of amides is 2. The van der Waals surface area contributed by atoms with E-state index in [-0.39, 0.29) is 23.8 Å². The summed E-state index contributed by atoms with van der Waals surface area (Å²) >= 11 is 0. The molecule has 1 saturated carbocycles. The van der Waals surface area contributed by atoms with Gasteiger partial charge in [0.2, 0.25) is 5.91 Å². The maximum Gasteiger partial charge on any atom is 0.256 e. The van der Waals surface area contributed by atoms with E-state index in [1.807, 2.05) is 18.2 Å². The molecule has 1 aromatic carbocycles. The van der Waals surface area contributed by atoms with Gasteiger partial charge in [0.05, 0.1) is 11.3 Å². The van der Waals surface area contributed by atoms with Crippen molar-refractivity contribution in [2.45, 2.75) is 25.3 Å². The zero-order chi connectivity index (χ0) is 15.0. The number of carbonyl (C=O) groups excluding carboxylic acids is 2. The van der Waals surface area contributed by atoms with Crippen molar-refractivity contribution in [3.05, 3.63) is 29.8 Å². The summed E-state index contributed by atoms with van der Waals surface area (Å²) in [5.41, 5.74) is 7.16. The molecule has 112 valence electrons. The smallest absolute Gasteiger partial charge is 0.256 e. The number of carbonyl (C=O) groups is 2. The van der Waals surface area contributed by atoms with Crippen LogP contribution in [0, 0.1) is 5.92 Å². The Morgan fingerprint density at radius 3 is 2.57 bits per heavy atom. The Morgan fingerprint density at radius 2 is 1.95 bits per heavy atom. The van der Waals surface area contributed by atoms with Gasteiger partial charge in [-0.3, -0.25) is 9.59 Å². The van der Waals surface area contributed by atoms with Gasteiger partial charge in [-0.25, -0.2) is 0 Å². The van der Waals surface area contributed by atoms with Crippen molar-refractivity contribution < 1.29 is 9.59 Å². The number of para-hydroxylation sites is 1. The predicted octanol–water partition coefficient (Wildman–Crippen LogP) is 1.23. The molecule has 5 heteroatoms. The first kappa shape index (κ1) is 14.1. The number of hydrogen-bond acceptors (Lipinski definition) is 3. The second-order valence-corrected chi connectivity index (χ2v) is 5.99. The lowest BCUT2D eigenvalue weighted by molar-refractivity contribution is -0.119. The van der Waals surface area contributed by atoms with E-state index in [1.165, 1.54) is 0 Å². The van der Waals surface area contributed by atoms with E-state index >= 15 is 0 Å². The molecule has 1 atom stereocenters. The van der Waals surface area contributed by atoms with E-state index in [9.17, 15) is 9.59 Å². The molecule has 0 aromatic heterocycles. The molecule has 2 N–H and O–H groups in total. The van der Waals surface area contributed by atoms with Crippen LogP contribution in [0.5, 0.6) is 0 Å². The first-order valence-electron chi connectivity index (χ1n) is 7.49. The van der Waals surface area contributed by atoms with Gasteiger partial charge in [0.25, 0.3) is 5.91 Å². The molecule has 5 nitrogen and oxygen atoms in total. The third-order valence-corrected chi connectivity index (χ3v) is 4.26.